The summed E-state index contributed by atoms with van der Waals surface area (Å²) in [6.07, 6.45) is 1.66. The largest absolute Gasteiger partial charge is 0.394 e. The van der Waals surface area contributed by atoms with Gasteiger partial charge < -0.3 is 10.8 Å². The molecule has 1 rings (SSSR count). The summed E-state index contributed by atoms with van der Waals surface area (Å²) in [5.74, 6) is 0. The highest BCUT2D eigenvalue weighted by Crippen LogP contribution is 2.05. The van der Waals surface area contributed by atoms with Gasteiger partial charge in [-0.05, 0) is 6.07 Å². The van der Waals surface area contributed by atoms with E-state index in [1.54, 1.807) is 24.0 Å². The number of nitrogens with two attached hydrogens (primary N) is 1. The van der Waals surface area contributed by atoms with Gasteiger partial charge in [0.2, 0.25) is 0 Å². The van der Waals surface area contributed by atoms with Crippen LogP contribution in [0.2, 0.25) is 0 Å². The van der Waals surface area contributed by atoms with Crippen molar-refractivity contribution in [2.24, 2.45) is 12.8 Å². The zero-order valence-electron chi connectivity index (χ0n) is 6.27. The van der Waals surface area contributed by atoms with E-state index in [9.17, 15) is 0 Å². The summed E-state index contributed by atoms with van der Waals surface area (Å²) in [5.41, 5.74) is 6.38. The molecule has 3 N–H and O–H groups in total. The monoisotopic (exact) mass is 177 g/mol. The lowest BCUT2D eigenvalue weighted by Crippen LogP contribution is -2.17. The van der Waals surface area contributed by atoms with Crippen molar-refractivity contribution in [1.29, 1.82) is 0 Å². The fourth-order valence-corrected chi connectivity index (χ4v) is 0.841. The van der Waals surface area contributed by atoms with Crippen molar-refractivity contribution in [2.75, 3.05) is 6.61 Å². The van der Waals surface area contributed by atoms with E-state index < -0.39 is 0 Å². The average Bonchev–Trinajstić information content (AvgIpc) is 2.34. The predicted molar refractivity (Wildman–Crippen MR) is 44.5 cm³/mol. The standard InChI is InChI=1S/C6H11N3O.ClH/c1-9-6(2-3-8-9)5(7)4-10;/h2-3,5,10H,4,7H2,1H3;1H/t5-;/m1./s1. The van der Waals surface area contributed by atoms with Crippen LogP contribution >= 0.6 is 12.4 Å². The predicted octanol–water partition coefficient (Wildman–Crippen LogP) is -0.166. The van der Waals surface area contributed by atoms with E-state index in [-0.39, 0.29) is 25.1 Å². The number of halogens is 1. The molecule has 0 amide bonds. The minimum atomic E-state index is -0.313. The Morgan fingerprint density at radius 2 is 2.45 bits per heavy atom. The van der Waals surface area contributed by atoms with Crippen LogP contribution in [0.5, 0.6) is 0 Å². The highest BCUT2D eigenvalue weighted by molar-refractivity contribution is 5.85. The number of aliphatic hydroxyl groups excluding tert-OH is 1. The van der Waals surface area contributed by atoms with Gasteiger partial charge in [-0.2, -0.15) is 5.10 Å². The number of rotatable bonds is 2. The van der Waals surface area contributed by atoms with Gasteiger partial charge in [0, 0.05) is 13.2 Å². The lowest BCUT2D eigenvalue weighted by Gasteiger charge is -2.06. The lowest BCUT2D eigenvalue weighted by atomic mass is 10.2. The first-order chi connectivity index (χ1) is 4.75. The second-order valence-corrected chi connectivity index (χ2v) is 2.17. The molecule has 4 nitrogen and oxygen atoms in total. The van der Waals surface area contributed by atoms with Crippen LogP contribution in [-0.2, 0) is 7.05 Å². The SMILES string of the molecule is Cl.Cn1nccc1[C@H](N)CO. The molecule has 0 aromatic carbocycles. The minimum Gasteiger partial charge on any atom is -0.394 e. The van der Waals surface area contributed by atoms with E-state index in [2.05, 4.69) is 5.10 Å². The Hall–Kier alpha value is -0.580. The Kier molecular flexibility index (Phi) is 4.10. The maximum Gasteiger partial charge on any atom is 0.0701 e. The smallest absolute Gasteiger partial charge is 0.0701 e. The first kappa shape index (κ1) is 10.4. The molecule has 11 heavy (non-hydrogen) atoms. The van der Waals surface area contributed by atoms with Gasteiger partial charge in [-0.1, -0.05) is 0 Å². The summed E-state index contributed by atoms with van der Waals surface area (Å²) in [4.78, 5) is 0. The topological polar surface area (TPSA) is 64.1 Å². The summed E-state index contributed by atoms with van der Waals surface area (Å²) >= 11 is 0. The summed E-state index contributed by atoms with van der Waals surface area (Å²) in [6.45, 7) is -0.0421. The van der Waals surface area contributed by atoms with E-state index in [0.717, 1.165) is 5.69 Å². The molecule has 0 radical (unpaired) electrons. The van der Waals surface area contributed by atoms with Crippen molar-refractivity contribution in [3.05, 3.63) is 18.0 Å². The van der Waals surface area contributed by atoms with E-state index in [1.807, 2.05) is 0 Å². The fourth-order valence-electron chi connectivity index (χ4n) is 0.841. The Labute approximate surface area is 71.4 Å². The molecule has 1 aromatic heterocycles. The molecule has 64 valence electrons. The minimum absolute atomic E-state index is 0. The van der Waals surface area contributed by atoms with Crippen molar-refractivity contribution < 1.29 is 5.11 Å². The zero-order chi connectivity index (χ0) is 7.56. The first-order valence-corrected chi connectivity index (χ1v) is 3.10. The van der Waals surface area contributed by atoms with Gasteiger partial charge in [0.15, 0.2) is 0 Å². The van der Waals surface area contributed by atoms with E-state index in [4.69, 9.17) is 10.8 Å². The molecule has 0 saturated heterocycles. The van der Waals surface area contributed by atoms with Gasteiger partial charge in [0.25, 0.3) is 0 Å². The molecule has 0 saturated carbocycles. The lowest BCUT2D eigenvalue weighted by molar-refractivity contribution is 0.263. The van der Waals surface area contributed by atoms with Crippen LogP contribution in [0.25, 0.3) is 0 Å². The molecule has 0 bridgehead atoms. The second kappa shape index (κ2) is 4.33. The van der Waals surface area contributed by atoms with Crippen LogP contribution in [0.3, 0.4) is 0 Å². The first-order valence-electron chi connectivity index (χ1n) is 3.10. The number of aliphatic hydroxyl groups is 1. The summed E-state index contributed by atoms with van der Waals surface area (Å²) < 4.78 is 1.65. The quantitative estimate of drug-likeness (QED) is 0.660. The highest BCUT2D eigenvalue weighted by atomic mass is 35.5. The Bertz CT molecular complexity index is 213. The van der Waals surface area contributed by atoms with Crippen molar-refractivity contribution in [3.8, 4) is 0 Å². The molecule has 0 unspecified atom stereocenters. The van der Waals surface area contributed by atoms with Crippen LogP contribution in [0.15, 0.2) is 12.3 Å². The van der Waals surface area contributed by atoms with Crippen molar-refractivity contribution in [1.82, 2.24) is 9.78 Å². The van der Waals surface area contributed by atoms with Crippen LogP contribution < -0.4 is 5.73 Å². The molecule has 0 aliphatic heterocycles. The van der Waals surface area contributed by atoms with Gasteiger partial charge in [-0.25, -0.2) is 0 Å². The summed E-state index contributed by atoms with van der Waals surface area (Å²) in [7, 11) is 1.80. The average molecular weight is 178 g/mol. The maximum absolute atomic E-state index is 8.66. The third-order valence-corrected chi connectivity index (χ3v) is 1.44. The van der Waals surface area contributed by atoms with Crippen molar-refractivity contribution >= 4 is 12.4 Å². The van der Waals surface area contributed by atoms with Crippen LogP contribution in [0, 0.1) is 0 Å². The molecule has 0 aliphatic carbocycles. The van der Waals surface area contributed by atoms with Crippen LogP contribution in [-0.4, -0.2) is 21.5 Å². The normalized spacial score (nSPS) is 12.3. The van der Waals surface area contributed by atoms with Crippen molar-refractivity contribution in [2.45, 2.75) is 6.04 Å². The third-order valence-electron chi connectivity index (χ3n) is 1.44. The summed E-state index contributed by atoms with van der Waals surface area (Å²) in [6, 6.07) is 1.48. The molecule has 0 fully saturated rings. The maximum atomic E-state index is 8.66. The highest BCUT2D eigenvalue weighted by Gasteiger charge is 2.06. The van der Waals surface area contributed by atoms with Gasteiger partial charge >= 0.3 is 0 Å². The molecule has 1 heterocycles. The molecule has 0 aliphatic rings. The van der Waals surface area contributed by atoms with Crippen LogP contribution in [0.4, 0.5) is 0 Å². The number of aromatic nitrogens is 2. The summed E-state index contributed by atoms with van der Waals surface area (Å²) in [5, 5.41) is 12.6. The van der Waals surface area contributed by atoms with Gasteiger partial charge in [-0.15, -0.1) is 12.4 Å². The van der Waals surface area contributed by atoms with E-state index in [0.29, 0.717) is 0 Å². The van der Waals surface area contributed by atoms with E-state index >= 15 is 0 Å². The number of aryl methyl sites for hydroxylation is 1. The molecular weight excluding hydrogens is 166 g/mol. The Balaban J connectivity index is 0.000001000. The molecule has 0 spiro atoms. The number of hydrogen-bond acceptors (Lipinski definition) is 3. The van der Waals surface area contributed by atoms with Crippen molar-refractivity contribution in [3.63, 3.8) is 0 Å². The molecule has 1 aromatic rings. The van der Waals surface area contributed by atoms with Gasteiger partial charge in [-0.3, -0.25) is 4.68 Å². The van der Waals surface area contributed by atoms with Gasteiger partial charge in [0.05, 0.1) is 18.3 Å². The zero-order valence-corrected chi connectivity index (χ0v) is 7.08. The fraction of sp³-hybridized carbons (Fsp3) is 0.500. The van der Waals surface area contributed by atoms with Crippen LogP contribution in [0.1, 0.15) is 11.7 Å². The molecular formula is C6H12ClN3O. The van der Waals surface area contributed by atoms with E-state index in [1.165, 1.54) is 0 Å². The number of hydrogen-bond donors (Lipinski definition) is 2. The molecule has 5 heteroatoms. The third kappa shape index (κ3) is 2.18. The molecule has 1 atom stereocenters. The number of nitrogens with zero attached hydrogens (tertiary/aromatic N) is 2. The Morgan fingerprint density at radius 3 is 2.82 bits per heavy atom. The van der Waals surface area contributed by atoms with Gasteiger partial charge in [0.1, 0.15) is 0 Å². The second-order valence-electron chi connectivity index (χ2n) is 2.17. The Morgan fingerprint density at radius 1 is 1.82 bits per heavy atom.